The normalized spacial score (nSPS) is 10.2. The van der Waals surface area contributed by atoms with Gasteiger partial charge in [0.2, 0.25) is 5.91 Å². The van der Waals surface area contributed by atoms with Crippen molar-refractivity contribution in [1.82, 2.24) is 5.32 Å². The number of thiophene rings is 1. The average Bonchev–Trinajstić information content (AvgIpc) is 2.68. The van der Waals surface area contributed by atoms with Gasteiger partial charge in [-0.2, -0.15) is 0 Å². The molecule has 1 rings (SSSR count). The minimum absolute atomic E-state index is 0.114. The van der Waals surface area contributed by atoms with Crippen molar-refractivity contribution in [3.8, 4) is 0 Å². The Labute approximate surface area is 111 Å². The zero-order chi connectivity index (χ0) is 13.5. The van der Waals surface area contributed by atoms with E-state index in [1.165, 1.54) is 11.3 Å². The van der Waals surface area contributed by atoms with E-state index in [-0.39, 0.29) is 5.91 Å². The van der Waals surface area contributed by atoms with Crippen LogP contribution in [0.25, 0.3) is 0 Å². The third-order valence-electron chi connectivity index (χ3n) is 2.21. The number of aryl methyl sites for hydroxylation is 1. The van der Waals surface area contributed by atoms with Crippen LogP contribution in [0.3, 0.4) is 0 Å². The van der Waals surface area contributed by atoms with Gasteiger partial charge in [-0.3, -0.25) is 4.79 Å². The zero-order valence-corrected chi connectivity index (χ0v) is 11.6. The van der Waals surface area contributed by atoms with E-state index in [2.05, 4.69) is 10.6 Å². The monoisotopic (exact) mass is 270 g/mol. The van der Waals surface area contributed by atoms with E-state index >= 15 is 0 Å². The molecule has 2 N–H and O–H groups in total. The summed E-state index contributed by atoms with van der Waals surface area (Å²) in [6.07, 6.45) is 0.371. The van der Waals surface area contributed by atoms with Crippen molar-refractivity contribution in [1.29, 1.82) is 0 Å². The molecule has 0 aliphatic heterocycles. The Morgan fingerprint density at radius 3 is 2.78 bits per heavy atom. The molecule has 0 radical (unpaired) electrons. The third-order valence-corrected chi connectivity index (χ3v) is 3.17. The lowest BCUT2D eigenvalue weighted by molar-refractivity contribution is -0.116. The summed E-state index contributed by atoms with van der Waals surface area (Å²) < 4.78 is 4.95. The van der Waals surface area contributed by atoms with Crippen molar-refractivity contribution < 1.29 is 14.3 Å². The van der Waals surface area contributed by atoms with Crippen molar-refractivity contribution in [2.45, 2.75) is 20.3 Å². The summed E-state index contributed by atoms with van der Waals surface area (Å²) in [6.45, 7) is 4.56. The average molecular weight is 270 g/mol. The third kappa shape index (κ3) is 4.12. The van der Waals surface area contributed by atoms with Crippen molar-refractivity contribution >= 4 is 28.2 Å². The number of hydrogen-bond donors (Lipinski definition) is 2. The van der Waals surface area contributed by atoms with E-state index in [1.54, 1.807) is 20.0 Å². The Kier molecular flexibility index (Phi) is 5.80. The van der Waals surface area contributed by atoms with Gasteiger partial charge in [0.1, 0.15) is 5.00 Å². The lowest BCUT2D eigenvalue weighted by atomic mass is 10.3. The maximum atomic E-state index is 11.7. The molecule has 6 heteroatoms. The SMILES string of the molecule is CCOC(=O)c1cc(C)sc1NC(=O)CCNC. The number of hydrogen-bond acceptors (Lipinski definition) is 5. The van der Waals surface area contributed by atoms with Crippen LogP contribution in [0.1, 0.15) is 28.6 Å². The number of ether oxygens (including phenoxy) is 1. The largest absolute Gasteiger partial charge is 0.462 e. The molecule has 1 amide bonds. The Hall–Kier alpha value is -1.40. The van der Waals surface area contributed by atoms with Gasteiger partial charge >= 0.3 is 5.97 Å². The smallest absolute Gasteiger partial charge is 0.341 e. The summed E-state index contributed by atoms with van der Waals surface area (Å²) in [6, 6.07) is 1.73. The van der Waals surface area contributed by atoms with Crippen LogP contribution in [-0.2, 0) is 9.53 Å². The molecule has 100 valence electrons. The topological polar surface area (TPSA) is 67.4 Å². The number of anilines is 1. The van der Waals surface area contributed by atoms with Crippen molar-refractivity contribution in [3.05, 3.63) is 16.5 Å². The van der Waals surface area contributed by atoms with E-state index < -0.39 is 5.97 Å². The van der Waals surface area contributed by atoms with Crippen molar-refractivity contribution in [2.24, 2.45) is 0 Å². The molecule has 0 aromatic carbocycles. The van der Waals surface area contributed by atoms with Crippen LogP contribution >= 0.6 is 11.3 Å². The summed E-state index contributed by atoms with van der Waals surface area (Å²) in [7, 11) is 1.78. The zero-order valence-electron chi connectivity index (χ0n) is 10.8. The Morgan fingerprint density at radius 1 is 1.44 bits per heavy atom. The molecule has 0 atom stereocenters. The fourth-order valence-electron chi connectivity index (χ4n) is 1.40. The van der Waals surface area contributed by atoms with Crippen LogP contribution in [0.15, 0.2) is 6.07 Å². The first kappa shape index (κ1) is 14.7. The minimum Gasteiger partial charge on any atom is -0.462 e. The standard InChI is InChI=1S/C12H18N2O3S/c1-4-17-12(16)9-7-8(2)18-11(9)14-10(15)5-6-13-3/h7,13H,4-6H2,1-3H3,(H,14,15). The van der Waals surface area contributed by atoms with Crippen LogP contribution in [0.2, 0.25) is 0 Å². The van der Waals surface area contributed by atoms with Gasteiger partial charge in [0.15, 0.2) is 0 Å². The Balaban J connectivity index is 2.75. The van der Waals surface area contributed by atoms with E-state index in [1.807, 2.05) is 6.92 Å². The van der Waals surface area contributed by atoms with Gasteiger partial charge in [0.25, 0.3) is 0 Å². The first-order chi connectivity index (χ1) is 8.58. The van der Waals surface area contributed by atoms with Gasteiger partial charge in [-0.25, -0.2) is 4.79 Å². The summed E-state index contributed by atoms with van der Waals surface area (Å²) in [5.74, 6) is -0.512. The quantitative estimate of drug-likeness (QED) is 0.773. The number of esters is 1. The molecule has 0 spiro atoms. The van der Waals surface area contributed by atoms with Crippen LogP contribution in [0.5, 0.6) is 0 Å². The maximum absolute atomic E-state index is 11.7. The van der Waals surface area contributed by atoms with Crippen molar-refractivity contribution in [2.75, 3.05) is 25.5 Å². The van der Waals surface area contributed by atoms with Crippen molar-refractivity contribution in [3.63, 3.8) is 0 Å². The molecule has 0 saturated heterocycles. The first-order valence-electron chi connectivity index (χ1n) is 5.80. The van der Waals surface area contributed by atoms with Gasteiger partial charge in [-0.15, -0.1) is 11.3 Å². The van der Waals surface area contributed by atoms with Gasteiger partial charge in [-0.05, 0) is 27.0 Å². The molecule has 5 nitrogen and oxygen atoms in total. The molecule has 0 fully saturated rings. The number of nitrogens with one attached hydrogen (secondary N) is 2. The molecular weight excluding hydrogens is 252 g/mol. The molecule has 0 aliphatic carbocycles. The number of amides is 1. The molecule has 0 bridgehead atoms. The Morgan fingerprint density at radius 2 is 2.17 bits per heavy atom. The van der Waals surface area contributed by atoms with E-state index in [4.69, 9.17) is 4.74 Å². The van der Waals surface area contributed by atoms with Gasteiger partial charge < -0.3 is 15.4 Å². The molecule has 0 unspecified atom stereocenters. The summed E-state index contributed by atoms with van der Waals surface area (Å²) in [5.41, 5.74) is 0.428. The molecule has 1 aromatic heterocycles. The minimum atomic E-state index is -0.397. The second-order valence-electron chi connectivity index (χ2n) is 3.72. The van der Waals surface area contributed by atoms with Crippen LogP contribution in [0.4, 0.5) is 5.00 Å². The molecule has 1 heterocycles. The Bertz CT molecular complexity index is 429. The van der Waals surface area contributed by atoms with Gasteiger partial charge in [0.05, 0.1) is 12.2 Å². The second kappa shape index (κ2) is 7.13. The van der Waals surface area contributed by atoms with Crippen LogP contribution < -0.4 is 10.6 Å². The highest BCUT2D eigenvalue weighted by atomic mass is 32.1. The highest BCUT2D eigenvalue weighted by molar-refractivity contribution is 7.16. The molecular formula is C12H18N2O3S. The molecule has 0 aliphatic rings. The molecule has 0 saturated carbocycles. The van der Waals surface area contributed by atoms with Crippen LogP contribution in [-0.4, -0.2) is 32.1 Å². The summed E-state index contributed by atoms with van der Waals surface area (Å²) >= 11 is 1.38. The summed E-state index contributed by atoms with van der Waals surface area (Å²) in [5, 5.41) is 6.20. The molecule has 18 heavy (non-hydrogen) atoms. The second-order valence-corrected chi connectivity index (χ2v) is 4.98. The van der Waals surface area contributed by atoms with E-state index in [0.717, 1.165) is 4.88 Å². The number of carbonyl (C=O) groups is 2. The fourth-order valence-corrected chi connectivity index (χ4v) is 2.31. The van der Waals surface area contributed by atoms with Gasteiger partial charge in [-0.1, -0.05) is 0 Å². The highest BCUT2D eigenvalue weighted by Crippen LogP contribution is 2.28. The van der Waals surface area contributed by atoms with Gasteiger partial charge in [0, 0.05) is 17.8 Å². The highest BCUT2D eigenvalue weighted by Gasteiger charge is 2.17. The maximum Gasteiger partial charge on any atom is 0.341 e. The van der Waals surface area contributed by atoms with E-state index in [9.17, 15) is 9.59 Å². The van der Waals surface area contributed by atoms with E-state index in [0.29, 0.717) is 30.1 Å². The number of rotatable bonds is 6. The summed E-state index contributed by atoms with van der Waals surface area (Å²) in [4.78, 5) is 24.3. The fraction of sp³-hybridized carbons (Fsp3) is 0.500. The lowest BCUT2D eigenvalue weighted by Gasteiger charge is -2.05. The predicted octanol–water partition coefficient (Wildman–Crippen LogP) is 1.78. The van der Waals surface area contributed by atoms with Crippen LogP contribution in [0, 0.1) is 6.92 Å². The predicted molar refractivity (Wildman–Crippen MR) is 72.2 cm³/mol. The molecule has 1 aromatic rings. The first-order valence-corrected chi connectivity index (χ1v) is 6.62. The number of carbonyl (C=O) groups excluding carboxylic acids is 2. The lowest BCUT2D eigenvalue weighted by Crippen LogP contribution is -2.19.